The Morgan fingerprint density at radius 3 is 2.44 bits per heavy atom. The first-order valence-electron chi connectivity index (χ1n) is 8.79. The molecular weight excluding hydrogens is 344 g/mol. The first kappa shape index (κ1) is 20.5. The summed E-state index contributed by atoms with van der Waals surface area (Å²) >= 11 is 0. The molecule has 0 aliphatic rings. The molecule has 0 aromatic heterocycles. The molecule has 0 radical (unpaired) electrons. The Balaban J connectivity index is 2.13. The van der Waals surface area contributed by atoms with Crippen LogP contribution in [-0.2, 0) is 16.1 Å². The topological polar surface area (TPSA) is 76.7 Å². The van der Waals surface area contributed by atoms with E-state index in [-0.39, 0.29) is 17.7 Å². The zero-order chi connectivity index (χ0) is 19.8. The monoisotopic (exact) mass is 370 g/mol. The molecule has 0 saturated heterocycles. The molecule has 144 valence electrons. The molecule has 0 bridgehead atoms. The fraction of sp³-hybridized carbons (Fsp3) is 0.333. The predicted octanol–water partition coefficient (Wildman–Crippen LogP) is 3.23. The largest absolute Gasteiger partial charge is 0.496 e. The molecule has 1 atom stereocenters. The summed E-state index contributed by atoms with van der Waals surface area (Å²) in [4.78, 5) is 25.4. The van der Waals surface area contributed by atoms with Crippen molar-refractivity contribution in [3.63, 3.8) is 0 Å². The number of benzene rings is 2. The number of hydrogen-bond donors (Lipinski definition) is 2. The van der Waals surface area contributed by atoms with Crippen LogP contribution in [0.25, 0.3) is 0 Å². The second kappa shape index (κ2) is 9.73. The number of ether oxygens (including phenoxy) is 2. The van der Waals surface area contributed by atoms with Crippen molar-refractivity contribution in [3.8, 4) is 5.75 Å². The number of anilines is 1. The summed E-state index contributed by atoms with van der Waals surface area (Å²) in [6.45, 7) is 4.23. The summed E-state index contributed by atoms with van der Waals surface area (Å²) in [5.41, 5.74) is 2.00. The van der Waals surface area contributed by atoms with Crippen molar-refractivity contribution >= 4 is 17.5 Å². The number of para-hydroxylation sites is 1. The molecule has 0 aliphatic heterocycles. The van der Waals surface area contributed by atoms with Gasteiger partial charge in [-0.3, -0.25) is 9.59 Å². The normalized spacial score (nSPS) is 11.7. The first-order chi connectivity index (χ1) is 13.0. The van der Waals surface area contributed by atoms with Crippen LogP contribution in [0.2, 0.25) is 0 Å². The molecule has 0 saturated carbocycles. The number of carbonyl (C=O) groups excluding carboxylic acids is 2. The molecule has 2 amide bonds. The van der Waals surface area contributed by atoms with Gasteiger partial charge < -0.3 is 20.1 Å². The summed E-state index contributed by atoms with van der Waals surface area (Å²) in [6, 6.07) is 13.6. The Morgan fingerprint density at radius 1 is 1.04 bits per heavy atom. The van der Waals surface area contributed by atoms with E-state index >= 15 is 0 Å². The number of methoxy groups -OCH3 is 2. The van der Waals surface area contributed by atoms with Gasteiger partial charge >= 0.3 is 0 Å². The molecule has 0 spiro atoms. The van der Waals surface area contributed by atoms with E-state index in [2.05, 4.69) is 10.6 Å². The SMILES string of the molecule is COCc1cccc(NC(=O)C(NC(=O)c2ccccc2OC)C(C)C)c1. The third-order valence-corrected chi connectivity index (χ3v) is 4.09. The zero-order valence-electron chi connectivity index (χ0n) is 16.1. The summed E-state index contributed by atoms with van der Waals surface area (Å²) in [7, 11) is 3.12. The maximum atomic E-state index is 12.8. The van der Waals surface area contributed by atoms with Gasteiger partial charge in [-0.1, -0.05) is 38.1 Å². The molecule has 6 heteroatoms. The third kappa shape index (κ3) is 5.56. The van der Waals surface area contributed by atoms with Crippen LogP contribution in [0.5, 0.6) is 5.75 Å². The minimum absolute atomic E-state index is 0.0918. The number of hydrogen-bond acceptors (Lipinski definition) is 4. The van der Waals surface area contributed by atoms with E-state index in [0.717, 1.165) is 5.56 Å². The van der Waals surface area contributed by atoms with Gasteiger partial charge in [0.1, 0.15) is 11.8 Å². The Kier molecular flexibility index (Phi) is 7.37. The van der Waals surface area contributed by atoms with Crippen LogP contribution in [0, 0.1) is 5.92 Å². The van der Waals surface area contributed by atoms with Gasteiger partial charge in [0.25, 0.3) is 5.91 Å². The van der Waals surface area contributed by atoms with Gasteiger partial charge in [-0.05, 0) is 35.7 Å². The molecule has 27 heavy (non-hydrogen) atoms. The van der Waals surface area contributed by atoms with Gasteiger partial charge in [0, 0.05) is 12.8 Å². The van der Waals surface area contributed by atoms with Crippen molar-refractivity contribution in [3.05, 3.63) is 59.7 Å². The molecule has 2 rings (SSSR count). The minimum Gasteiger partial charge on any atom is -0.496 e. The lowest BCUT2D eigenvalue weighted by atomic mass is 10.0. The van der Waals surface area contributed by atoms with E-state index in [1.165, 1.54) is 7.11 Å². The zero-order valence-corrected chi connectivity index (χ0v) is 16.1. The molecule has 0 aliphatic carbocycles. The van der Waals surface area contributed by atoms with Crippen LogP contribution in [0.4, 0.5) is 5.69 Å². The van der Waals surface area contributed by atoms with Gasteiger partial charge in [0.05, 0.1) is 19.3 Å². The highest BCUT2D eigenvalue weighted by molar-refractivity contribution is 6.02. The molecular formula is C21H26N2O4. The predicted molar refractivity (Wildman–Crippen MR) is 105 cm³/mol. The number of amides is 2. The fourth-order valence-corrected chi connectivity index (χ4v) is 2.71. The number of carbonyl (C=O) groups is 2. The maximum absolute atomic E-state index is 12.8. The van der Waals surface area contributed by atoms with E-state index in [4.69, 9.17) is 9.47 Å². The van der Waals surface area contributed by atoms with Crippen molar-refractivity contribution in [2.75, 3.05) is 19.5 Å². The molecule has 2 aromatic carbocycles. The van der Waals surface area contributed by atoms with Crippen molar-refractivity contribution < 1.29 is 19.1 Å². The van der Waals surface area contributed by atoms with Crippen LogP contribution in [0.15, 0.2) is 48.5 Å². The quantitative estimate of drug-likeness (QED) is 0.748. The third-order valence-electron chi connectivity index (χ3n) is 4.09. The smallest absolute Gasteiger partial charge is 0.255 e. The Hall–Kier alpha value is -2.86. The highest BCUT2D eigenvalue weighted by atomic mass is 16.5. The molecule has 6 nitrogen and oxygen atoms in total. The molecule has 2 N–H and O–H groups in total. The van der Waals surface area contributed by atoms with Crippen LogP contribution >= 0.6 is 0 Å². The van der Waals surface area contributed by atoms with E-state index in [1.807, 2.05) is 32.0 Å². The van der Waals surface area contributed by atoms with Gasteiger partial charge in [0.2, 0.25) is 5.91 Å². The van der Waals surface area contributed by atoms with E-state index in [9.17, 15) is 9.59 Å². The second-order valence-corrected chi connectivity index (χ2v) is 6.52. The number of nitrogens with one attached hydrogen (secondary N) is 2. The maximum Gasteiger partial charge on any atom is 0.255 e. The molecule has 0 heterocycles. The fourth-order valence-electron chi connectivity index (χ4n) is 2.71. The Morgan fingerprint density at radius 2 is 1.78 bits per heavy atom. The summed E-state index contributed by atoms with van der Waals surface area (Å²) in [6.07, 6.45) is 0. The second-order valence-electron chi connectivity index (χ2n) is 6.52. The highest BCUT2D eigenvalue weighted by Crippen LogP contribution is 2.18. The lowest BCUT2D eigenvalue weighted by molar-refractivity contribution is -0.118. The van der Waals surface area contributed by atoms with Crippen molar-refractivity contribution in [2.45, 2.75) is 26.5 Å². The first-order valence-corrected chi connectivity index (χ1v) is 8.79. The van der Waals surface area contributed by atoms with Crippen molar-refractivity contribution in [2.24, 2.45) is 5.92 Å². The van der Waals surface area contributed by atoms with E-state index < -0.39 is 6.04 Å². The lowest BCUT2D eigenvalue weighted by Gasteiger charge is -2.22. The van der Waals surface area contributed by atoms with Crippen LogP contribution in [0.3, 0.4) is 0 Å². The highest BCUT2D eigenvalue weighted by Gasteiger charge is 2.26. The standard InChI is InChI=1S/C21H26N2O4/c1-14(2)19(23-20(24)17-10-5-6-11-18(17)27-4)21(25)22-16-9-7-8-15(12-16)13-26-3/h5-12,14,19H,13H2,1-4H3,(H,22,25)(H,23,24). The molecule has 2 aromatic rings. The Bertz CT molecular complexity index is 789. The number of rotatable bonds is 8. The molecule has 1 unspecified atom stereocenters. The average Bonchev–Trinajstić information content (AvgIpc) is 2.66. The molecule has 0 fully saturated rings. The van der Waals surface area contributed by atoms with E-state index in [0.29, 0.717) is 23.6 Å². The van der Waals surface area contributed by atoms with Gasteiger partial charge in [-0.2, -0.15) is 0 Å². The van der Waals surface area contributed by atoms with Crippen molar-refractivity contribution in [1.82, 2.24) is 5.32 Å². The van der Waals surface area contributed by atoms with Crippen LogP contribution in [-0.4, -0.2) is 32.1 Å². The Labute approximate surface area is 159 Å². The van der Waals surface area contributed by atoms with Crippen molar-refractivity contribution in [1.29, 1.82) is 0 Å². The lowest BCUT2D eigenvalue weighted by Crippen LogP contribution is -2.47. The minimum atomic E-state index is -0.687. The summed E-state index contributed by atoms with van der Waals surface area (Å²) in [5.74, 6) is -0.256. The van der Waals surface area contributed by atoms with E-state index in [1.54, 1.807) is 37.4 Å². The van der Waals surface area contributed by atoms with Gasteiger partial charge in [-0.25, -0.2) is 0 Å². The van der Waals surface area contributed by atoms with Crippen LogP contribution in [0.1, 0.15) is 29.8 Å². The van der Waals surface area contributed by atoms with Gasteiger partial charge in [-0.15, -0.1) is 0 Å². The van der Waals surface area contributed by atoms with Crippen LogP contribution < -0.4 is 15.4 Å². The summed E-state index contributed by atoms with van der Waals surface area (Å²) < 4.78 is 10.3. The summed E-state index contributed by atoms with van der Waals surface area (Å²) in [5, 5.41) is 5.68. The van der Waals surface area contributed by atoms with Gasteiger partial charge in [0.15, 0.2) is 0 Å². The average molecular weight is 370 g/mol.